The molecule has 0 spiro atoms. The van der Waals surface area contributed by atoms with Crippen molar-refractivity contribution in [2.45, 2.75) is 0 Å². The third-order valence-corrected chi connectivity index (χ3v) is 1.85. The summed E-state index contributed by atoms with van der Waals surface area (Å²) in [5, 5.41) is 23.2. The van der Waals surface area contributed by atoms with E-state index in [0.29, 0.717) is 5.56 Å². The molecule has 0 unspecified atom stereocenters. The number of carboxylic acid groups (broad SMARTS) is 1. The number of nitrogens with one attached hydrogen (secondary N) is 2. The lowest BCUT2D eigenvalue weighted by molar-refractivity contribution is 0.0696. The van der Waals surface area contributed by atoms with Gasteiger partial charge in [-0.25, -0.2) is 4.79 Å². The number of nitrogen functional groups attached to an aromatic ring is 2. The summed E-state index contributed by atoms with van der Waals surface area (Å²) in [6.07, 6.45) is 0. The van der Waals surface area contributed by atoms with E-state index in [4.69, 9.17) is 27.4 Å². The number of carbonyl (C=O) groups is 1. The van der Waals surface area contributed by atoms with Gasteiger partial charge in [-0.1, -0.05) is 6.07 Å². The van der Waals surface area contributed by atoms with E-state index >= 15 is 0 Å². The molecular weight excluding hydrogens is 196 g/mol. The fourth-order valence-corrected chi connectivity index (χ4v) is 1.12. The van der Waals surface area contributed by atoms with Crippen molar-refractivity contribution in [3.8, 4) is 0 Å². The average molecular weight is 206 g/mol. The summed E-state index contributed by atoms with van der Waals surface area (Å²) in [7, 11) is 0. The van der Waals surface area contributed by atoms with Crippen molar-refractivity contribution in [3.63, 3.8) is 0 Å². The Morgan fingerprint density at radius 3 is 2.13 bits per heavy atom. The highest BCUT2D eigenvalue weighted by atomic mass is 16.4. The zero-order chi connectivity index (χ0) is 11.6. The van der Waals surface area contributed by atoms with Gasteiger partial charge in [0.1, 0.15) is 11.7 Å². The van der Waals surface area contributed by atoms with Gasteiger partial charge in [-0.15, -0.1) is 0 Å². The second-order valence-corrected chi connectivity index (χ2v) is 2.89. The number of hydrogen-bond acceptors (Lipinski definition) is 3. The minimum atomic E-state index is -1.17. The molecule has 0 aliphatic rings. The number of nitrogens with two attached hydrogens (primary N) is 2. The van der Waals surface area contributed by atoms with E-state index in [9.17, 15) is 4.79 Å². The maximum absolute atomic E-state index is 10.8. The lowest BCUT2D eigenvalue weighted by Gasteiger charge is -2.06. The van der Waals surface area contributed by atoms with Crippen molar-refractivity contribution in [2.24, 2.45) is 11.5 Å². The molecule has 0 bridgehead atoms. The molecule has 6 heteroatoms. The molecule has 1 rings (SSSR count). The number of amidine groups is 2. The van der Waals surface area contributed by atoms with Gasteiger partial charge in [0.15, 0.2) is 0 Å². The first-order valence-electron chi connectivity index (χ1n) is 3.99. The molecule has 0 fully saturated rings. The van der Waals surface area contributed by atoms with E-state index in [1.165, 1.54) is 18.2 Å². The molecule has 7 N–H and O–H groups in total. The summed E-state index contributed by atoms with van der Waals surface area (Å²) in [5.74, 6) is -1.74. The predicted octanol–water partition coefficient (Wildman–Crippen LogP) is -0.0471. The number of rotatable bonds is 3. The van der Waals surface area contributed by atoms with E-state index < -0.39 is 5.97 Å². The van der Waals surface area contributed by atoms with Gasteiger partial charge in [-0.2, -0.15) is 0 Å². The molecule has 1 aromatic carbocycles. The van der Waals surface area contributed by atoms with Crippen LogP contribution in [0, 0.1) is 10.8 Å². The minimum Gasteiger partial charge on any atom is -0.478 e. The highest BCUT2D eigenvalue weighted by Gasteiger charge is 2.13. The molecule has 0 aliphatic carbocycles. The molecule has 78 valence electrons. The lowest BCUT2D eigenvalue weighted by atomic mass is 10.0. The fourth-order valence-electron chi connectivity index (χ4n) is 1.12. The Labute approximate surface area is 85.5 Å². The van der Waals surface area contributed by atoms with Gasteiger partial charge < -0.3 is 16.6 Å². The van der Waals surface area contributed by atoms with Crippen LogP contribution in [-0.4, -0.2) is 22.7 Å². The van der Waals surface area contributed by atoms with E-state index in [-0.39, 0.29) is 22.8 Å². The van der Waals surface area contributed by atoms with E-state index in [1.54, 1.807) is 0 Å². The smallest absolute Gasteiger partial charge is 0.336 e. The maximum Gasteiger partial charge on any atom is 0.336 e. The molecule has 15 heavy (non-hydrogen) atoms. The van der Waals surface area contributed by atoms with Crippen molar-refractivity contribution < 1.29 is 9.90 Å². The topological polar surface area (TPSA) is 137 Å². The molecule has 0 aliphatic heterocycles. The molecule has 0 saturated heterocycles. The minimum absolute atomic E-state index is 0.0650. The van der Waals surface area contributed by atoms with E-state index in [2.05, 4.69) is 0 Å². The molecule has 0 aromatic heterocycles. The van der Waals surface area contributed by atoms with Gasteiger partial charge in [0.2, 0.25) is 0 Å². The van der Waals surface area contributed by atoms with Crippen LogP contribution < -0.4 is 11.5 Å². The van der Waals surface area contributed by atoms with Crippen molar-refractivity contribution >= 4 is 17.6 Å². The number of aromatic carboxylic acids is 1. The summed E-state index contributed by atoms with van der Waals surface area (Å²) in [4.78, 5) is 10.8. The first-order valence-corrected chi connectivity index (χ1v) is 3.99. The van der Waals surface area contributed by atoms with Gasteiger partial charge >= 0.3 is 5.97 Å². The van der Waals surface area contributed by atoms with Crippen molar-refractivity contribution in [1.29, 1.82) is 10.8 Å². The lowest BCUT2D eigenvalue weighted by Crippen LogP contribution is -2.19. The van der Waals surface area contributed by atoms with Gasteiger partial charge in [0, 0.05) is 11.1 Å². The van der Waals surface area contributed by atoms with E-state index in [1.807, 2.05) is 0 Å². The highest BCUT2D eigenvalue weighted by molar-refractivity contribution is 6.07. The Bertz CT molecular complexity index is 453. The maximum atomic E-state index is 10.8. The standard InChI is InChI=1S/C9H10N4O2/c10-7(11)4-1-2-5(9(14)15)6(3-4)8(12)13/h1-3H,(H3,10,11)(H3,12,13)(H,14,15). The molecule has 0 radical (unpaired) electrons. The zero-order valence-corrected chi connectivity index (χ0v) is 7.74. The van der Waals surface area contributed by atoms with Crippen LogP contribution in [0.25, 0.3) is 0 Å². The van der Waals surface area contributed by atoms with Crippen molar-refractivity contribution in [2.75, 3.05) is 0 Å². The average Bonchev–Trinajstić information content (AvgIpc) is 2.16. The summed E-state index contributed by atoms with van der Waals surface area (Å²) in [6, 6.07) is 3.99. The molecule has 1 aromatic rings. The third kappa shape index (κ3) is 2.11. The van der Waals surface area contributed by atoms with Crippen LogP contribution in [0.5, 0.6) is 0 Å². The largest absolute Gasteiger partial charge is 0.478 e. The molecular formula is C9H10N4O2. The first-order chi connectivity index (χ1) is 6.93. The SMILES string of the molecule is N=C(N)c1ccc(C(=O)O)c(C(=N)N)c1. The van der Waals surface area contributed by atoms with Gasteiger partial charge in [0.05, 0.1) is 5.56 Å². The second-order valence-electron chi connectivity index (χ2n) is 2.89. The molecule has 0 saturated carbocycles. The van der Waals surface area contributed by atoms with E-state index in [0.717, 1.165) is 0 Å². The zero-order valence-electron chi connectivity index (χ0n) is 7.74. The van der Waals surface area contributed by atoms with Crippen LogP contribution in [-0.2, 0) is 0 Å². The normalized spacial score (nSPS) is 9.60. The Morgan fingerprint density at radius 1 is 1.13 bits per heavy atom. The number of benzene rings is 1. The number of hydrogen-bond donors (Lipinski definition) is 5. The Hall–Kier alpha value is -2.37. The van der Waals surface area contributed by atoms with Crippen LogP contribution in [0.3, 0.4) is 0 Å². The predicted molar refractivity (Wildman–Crippen MR) is 55.4 cm³/mol. The summed E-state index contributed by atoms with van der Waals surface area (Å²) < 4.78 is 0. The molecule has 0 atom stereocenters. The first kappa shape index (κ1) is 10.7. The molecule has 0 heterocycles. The molecule has 0 amide bonds. The van der Waals surface area contributed by atoms with Gasteiger partial charge in [0.25, 0.3) is 0 Å². The second kappa shape index (κ2) is 3.79. The highest BCUT2D eigenvalue weighted by Crippen LogP contribution is 2.11. The summed E-state index contributed by atoms with van der Waals surface area (Å²) in [5.41, 5.74) is 10.8. The summed E-state index contributed by atoms with van der Waals surface area (Å²) >= 11 is 0. The summed E-state index contributed by atoms with van der Waals surface area (Å²) in [6.45, 7) is 0. The van der Waals surface area contributed by atoms with Crippen LogP contribution in [0.1, 0.15) is 21.5 Å². The van der Waals surface area contributed by atoms with Crippen LogP contribution in [0.15, 0.2) is 18.2 Å². The Balaban J connectivity index is 3.40. The van der Waals surface area contributed by atoms with Gasteiger partial charge in [-0.05, 0) is 12.1 Å². The Morgan fingerprint density at radius 2 is 1.73 bits per heavy atom. The van der Waals surface area contributed by atoms with Crippen LogP contribution in [0.2, 0.25) is 0 Å². The number of carboxylic acids is 1. The quantitative estimate of drug-likeness (QED) is 0.349. The van der Waals surface area contributed by atoms with Crippen LogP contribution >= 0.6 is 0 Å². The van der Waals surface area contributed by atoms with Gasteiger partial charge in [-0.3, -0.25) is 10.8 Å². The van der Waals surface area contributed by atoms with Crippen LogP contribution in [0.4, 0.5) is 0 Å². The third-order valence-electron chi connectivity index (χ3n) is 1.85. The fraction of sp³-hybridized carbons (Fsp3) is 0. The monoisotopic (exact) mass is 206 g/mol. The van der Waals surface area contributed by atoms with Crippen molar-refractivity contribution in [1.82, 2.24) is 0 Å². The van der Waals surface area contributed by atoms with Crippen molar-refractivity contribution in [3.05, 3.63) is 34.9 Å². The molecule has 6 nitrogen and oxygen atoms in total. The Kier molecular flexibility index (Phi) is 2.70.